The van der Waals surface area contributed by atoms with Gasteiger partial charge in [0.15, 0.2) is 11.3 Å². The van der Waals surface area contributed by atoms with Crippen LogP contribution in [0.15, 0.2) is 54.9 Å². The van der Waals surface area contributed by atoms with Crippen molar-refractivity contribution in [2.45, 2.75) is 44.3 Å². The molecule has 4 aromatic rings. The third-order valence-corrected chi connectivity index (χ3v) is 8.30. The standard InChI is InChI=1S/C28H30ClN7O2S/c1-38-22-6-2-18(3-7-22)17-35(21-4-5-21)23-15-26(32-19-9-12-39-13-10-19)34-36-24(16-31-27(23)36)28(37)33-20-8-11-30-25(29)14-20/h2-3,6-8,11,14-16,19,21H,4-5,9-10,12-13,17H2,1H3,(H,32,34)(H,30,33,37). The molecular formula is C28H30ClN7O2S. The normalized spacial score (nSPS) is 15.7. The number of thioether (sulfide) groups is 1. The van der Waals surface area contributed by atoms with E-state index in [1.54, 1.807) is 36.2 Å². The number of carbonyl (C=O) groups is 1. The molecule has 2 N–H and O–H groups in total. The van der Waals surface area contributed by atoms with Crippen molar-refractivity contribution in [1.29, 1.82) is 0 Å². The number of hydrogen-bond donors (Lipinski definition) is 2. The zero-order valence-electron chi connectivity index (χ0n) is 21.6. The molecule has 0 radical (unpaired) electrons. The molecule has 0 bridgehead atoms. The van der Waals surface area contributed by atoms with Crippen LogP contribution in [0, 0.1) is 0 Å². The molecule has 1 aromatic carbocycles. The molecule has 2 fully saturated rings. The van der Waals surface area contributed by atoms with Gasteiger partial charge in [-0.25, -0.2) is 14.5 Å². The van der Waals surface area contributed by atoms with Crippen LogP contribution >= 0.6 is 23.4 Å². The van der Waals surface area contributed by atoms with Gasteiger partial charge in [-0.05, 0) is 67.0 Å². The predicted molar refractivity (Wildman–Crippen MR) is 156 cm³/mol. The number of ether oxygens (including phenoxy) is 1. The van der Waals surface area contributed by atoms with Crippen LogP contribution in [0.25, 0.3) is 5.65 Å². The summed E-state index contributed by atoms with van der Waals surface area (Å²) in [5.74, 6) is 3.52. The monoisotopic (exact) mass is 563 g/mol. The Labute approximate surface area is 236 Å². The summed E-state index contributed by atoms with van der Waals surface area (Å²) >= 11 is 8.01. The molecule has 202 valence electrons. The zero-order chi connectivity index (χ0) is 26.8. The maximum absolute atomic E-state index is 13.4. The predicted octanol–water partition coefficient (Wildman–Crippen LogP) is 5.52. The number of aromatic nitrogens is 4. The number of nitrogens with one attached hydrogen (secondary N) is 2. The minimum absolute atomic E-state index is 0.307. The molecule has 9 nitrogen and oxygen atoms in total. The molecule has 11 heteroatoms. The number of rotatable bonds is 9. The number of methoxy groups -OCH3 is 1. The Morgan fingerprint density at radius 1 is 1.13 bits per heavy atom. The first-order valence-corrected chi connectivity index (χ1v) is 14.7. The van der Waals surface area contributed by atoms with Crippen LogP contribution in [0.1, 0.15) is 41.7 Å². The van der Waals surface area contributed by atoms with E-state index in [1.807, 2.05) is 23.9 Å². The molecule has 39 heavy (non-hydrogen) atoms. The van der Waals surface area contributed by atoms with Crippen LogP contribution in [0.3, 0.4) is 0 Å². The first-order valence-electron chi connectivity index (χ1n) is 13.1. The summed E-state index contributed by atoms with van der Waals surface area (Å²) in [5, 5.41) is 11.7. The molecule has 1 aliphatic carbocycles. The Morgan fingerprint density at radius 2 is 1.92 bits per heavy atom. The second kappa shape index (κ2) is 11.3. The Balaban J connectivity index is 1.38. The van der Waals surface area contributed by atoms with E-state index < -0.39 is 0 Å². The van der Waals surface area contributed by atoms with Gasteiger partial charge in [-0.15, -0.1) is 5.10 Å². The number of imidazole rings is 1. The molecule has 4 heterocycles. The molecule has 1 saturated carbocycles. The van der Waals surface area contributed by atoms with Crippen LogP contribution in [0.2, 0.25) is 5.15 Å². The lowest BCUT2D eigenvalue weighted by Gasteiger charge is -2.27. The molecule has 0 atom stereocenters. The third-order valence-electron chi connectivity index (χ3n) is 7.05. The van der Waals surface area contributed by atoms with Crippen LogP contribution in [-0.4, -0.2) is 56.2 Å². The van der Waals surface area contributed by atoms with Gasteiger partial charge in [0.1, 0.15) is 16.7 Å². The summed E-state index contributed by atoms with van der Waals surface area (Å²) < 4.78 is 7.01. The second-order valence-electron chi connectivity index (χ2n) is 9.85. The number of benzene rings is 1. The summed E-state index contributed by atoms with van der Waals surface area (Å²) in [6.45, 7) is 0.720. The van der Waals surface area contributed by atoms with E-state index in [4.69, 9.17) is 26.4 Å². The molecule has 0 unspecified atom stereocenters. The van der Waals surface area contributed by atoms with Crippen molar-refractivity contribution in [2.24, 2.45) is 0 Å². The lowest BCUT2D eigenvalue weighted by molar-refractivity contribution is 0.102. The van der Waals surface area contributed by atoms with Gasteiger partial charge < -0.3 is 20.3 Å². The lowest BCUT2D eigenvalue weighted by atomic mass is 10.1. The average Bonchev–Trinajstić information content (AvgIpc) is 3.70. The van der Waals surface area contributed by atoms with Crippen molar-refractivity contribution in [3.63, 3.8) is 0 Å². The number of anilines is 3. The van der Waals surface area contributed by atoms with Crippen molar-refractivity contribution in [3.8, 4) is 5.75 Å². The van der Waals surface area contributed by atoms with Crippen LogP contribution in [-0.2, 0) is 6.54 Å². The summed E-state index contributed by atoms with van der Waals surface area (Å²) in [6, 6.07) is 14.3. The number of hydrogen-bond acceptors (Lipinski definition) is 8. The number of fused-ring (bicyclic) bond motifs is 1. The van der Waals surface area contributed by atoms with Crippen LogP contribution in [0.5, 0.6) is 5.75 Å². The van der Waals surface area contributed by atoms with Gasteiger partial charge >= 0.3 is 0 Å². The summed E-state index contributed by atoms with van der Waals surface area (Å²) in [4.78, 5) is 24.4. The van der Waals surface area contributed by atoms with Crippen molar-refractivity contribution in [3.05, 3.63) is 71.3 Å². The van der Waals surface area contributed by atoms with Gasteiger partial charge in [0.2, 0.25) is 0 Å². The van der Waals surface area contributed by atoms with E-state index in [0.29, 0.717) is 34.3 Å². The van der Waals surface area contributed by atoms with E-state index in [9.17, 15) is 4.79 Å². The highest BCUT2D eigenvalue weighted by Gasteiger charge is 2.32. The molecular weight excluding hydrogens is 534 g/mol. The first-order chi connectivity index (χ1) is 19.1. The fourth-order valence-electron chi connectivity index (χ4n) is 4.84. The van der Waals surface area contributed by atoms with Gasteiger partial charge in [0, 0.05) is 36.6 Å². The Morgan fingerprint density at radius 3 is 2.64 bits per heavy atom. The Bertz CT molecular complexity index is 1470. The number of nitrogens with zero attached hydrogens (tertiary/aromatic N) is 5. The SMILES string of the molecule is COc1ccc(CN(c2cc(NC3CCSCC3)nn3c(C(=O)Nc4ccnc(Cl)c4)cnc23)C2CC2)cc1. The van der Waals surface area contributed by atoms with Crippen LogP contribution < -0.4 is 20.3 Å². The van der Waals surface area contributed by atoms with Gasteiger partial charge in [-0.3, -0.25) is 4.79 Å². The smallest absolute Gasteiger partial charge is 0.276 e. The topological polar surface area (TPSA) is 96.7 Å². The number of halogens is 1. The van der Waals surface area contributed by atoms with Crippen molar-refractivity contribution in [2.75, 3.05) is 34.1 Å². The van der Waals surface area contributed by atoms with Crippen molar-refractivity contribution in [1.82, 2.24) is 19.6 Å². The van der Waals surface area contributed by atoms with E-state index in [2.05, 4.69) is 38.7 Å². The zero-order valence-corrected chi connectivity index (χ0v) is 23.2. The molecule has 1 aliphatic heterocycles. The van der Waals surface area contributed by atoms with Gasteiger partial charge in [0.25, 0.3) is 5.91 Å². The van der Waals surface area contributed by atoms with E-state index in [1.165, 1.54) is 5.56 Å². The van der Waals surface area contributed by atoms with Crippen molar-refractivity contribution < 1.29 is 9.53 Å². The highest BCUT2D eigenvalue weighted by Crippen LogP contribution is 2.37. The summed E-state index contributed by atoms with van der Waals surface area (Å²) in [5.41, 5.74) is 3.70. The lowest BCUT2D eigenvalue weighted by Crippen LogP contribution is -2.28. The van der Waals surface area contributed by atoms with Gasteiger partial charge in [-0.2, -0.15) is 11.8 Å². The largest absolute Gasteiger partial charge is 0.497 e. The second-order valence-corrected chi connectivity index (χ2v) is 11.5. The van der Waals surface area contributed by atoms with Gasteiger partial charge in [-0.1, -0.05) is 23.7 Å². The molecule has 6 rings (SSSR count). The summed E-state index contributed by atoms with van der Waals surface area (Å²) in [7, 11) is 1.67. The third kappa shape index (κ3) is 5.91. The highest BCUT2D eigenvalue weighted by molar-refractivity contribution is 7.99. The first kappa shape index (κ1) is 25.8. The average molecular weight is 564 g/mol. The van der Waals surface area contributed by atoms with E-state index >= 15 is 0 Å². The minimum Gasteiger partial charge on any atom is -0.497 e. The number of carbonyl (C=O) groups excluding carboxylic acids is 1. The van der Waals surface area contributed by atoms with E-state index in [-0.39, 0.29) is 5.91 Å². The molecule has 1 saturated heterocycles. The van der Waals surface area contributed by atoms with Crippen LogP contribution in [0.4, 0.5) is 17.2 Å². The summed E-state index contributed by atoms with van der Waals surface area (Å²) in [6.07, 6.45) is 7.54. The minimum atomic E-state index is -0.317. The maximum Gasteiger partial charge on any atom is 0.276 e. The molecule has 1 amide bonds. The van der Waals surface area contributed by atoms with E-state index in [0.717, 1.165) is 61.0 Å². The van der Waals surface area contributed by atoms with Gasteiger partial charge in [0.05, 0.1) is 19.0 Å². The maximum atomic E-state index is 13.4. The number of amides is 1. The Kier molecular flexibility index (Phi) is 7.47. The molecule has 0 spiro atoms. The highest BCUT2D eigenvalue weighted by atomic mass is 35.5. The quantitative estimate of drug-likeness (QED) is 0.257. The fourth-order valence-corrected chi connectivity index (χ4v) is 6.12. The Hall–Kier alpha value is -3.50. The fraction of sp³-hybridized carbons (Fsp3) is 0.357. The molecule has 2 aliphatic rings. The van der Waals surface area contributed by atoms with Crippen molar-refractivity contribution >= 4 is 52.1 Å². The molecule has 3 aromatic heterocycles. The number of pyridine rings is 1.